The maximum atomic E-state index is 12.0. The summed E-state index contributed by atoms with van der Waals surface area (Å²) in [6.45, 7) is 1.55. The van der Waals surface area contributed by atoms with E-state index in [0.717, 1.165) is 31.6 Å². The quantitative estimate of drug-likeness (QED) is 0.919. The zero-order chi connectivity index (χ0) is 14.4. The van der Waals surface area contributed by atoms with Crippen molar-refractivity contribution in [2.75, 3.05) is 25.5 Å². The minimum Gasteiger partial charge on any atom is -0.378 e. The summed E-state index contributed by atoms with van der Waals surface area (Å²) >= 11 is 5.81. The zero-order valence-electron chi connectivity index (χ0n) is 11.8. The minimum absolute atomic E-state index is 0.108. The van der Waals surface area contributed by atoms with Crippen LogP contribution in [-0.2, 0) is 4.74 Å². The normalized spacial score (nSPS) is 18.6. The van der Waals surface area contributed by atoms with Crippen molar-refractivity contribution in [3.63, 3.8) is 0 Å². The smallest absolute Gasteiger partial charge is 0.321 e. The zero-order valence-corrected chi connectivity index (χ0v) is 12.5. The number of hydrogen-bond donors (Lipinski definition) is 1. The van der Waals surface area contributed by atoms with Gasteiger partial charge in [-0.1, -0.05) is 11.6 Å². The lowest BCUT2D eigenvalue weighted by molar-refractivity contribution is 0.00848. The van der Waals surface area contributed by atoms with E-state index in [2.05, 4.69) is 5.32 Å². The van der Waals surface area contributed by atoms with Gasteiger partial charge in [0, 0.05) is 30.9 Å². The molecule has 0 radical (unpaired) electrons. The number of carbonyl (C=O) groups is 1. The summed E-state index contributed by atoms with van der Waals surface area (Å²) in [6, 6.07) is 6.99. The SMILES string of the molecule is CN(CCC1CCCCO1)C(=O)Nc1ccc(Cl)cc1. The van der Waals surface area contributed by atoms with Crippen LogP contribution in [0.15, 0.2) is 24.3 Å². The van der Waals surface area contributed by atoms with Gasteiger partial charge in [-0.2, -0.15) is 0 Å². The van der Waals surface area contributed by atoms with Crippen LogP contribution >= 0.6 is 11.6 Å². The molecule has 1 aliphatic heterocycles. The number of urea groups is 1. The Hall–Kier alpha value is -1.26. The number of amides is 2. The second kappa shape index (κ2) is 7.50. The molecule has 0 bridgehead atoms. The van der Waals surface area contributed by atoms with Crippen LogP contribution in [0, 0.1) is 0 Å². The van der Waals surface area contributed by atoms with Crippen LogP contribution < -0.4 is 5.32 Å². The molecule has 20 heavy (non-hydrogen) atoms. The van der Waals surface area contributed by atoms with Gasteiger partial charge in [-0.15, -0.1) is 0 Å². The average molecular weight is 297 g/mol. The fourth-order valence-electron chi connectivity index (χ4n) is 2.23. The van der Waals surface area contributed by atoms with E-state index in [1.165, 1.54) is 6.42 Å². The Morgan fingerprint density at radius 1 is 1.40 bits per heavy atom. The standard InChI is InChI=1S/C15H21ClN2O2/c1-18(10-9-14-4-2-3-11-20-14)15(19)17-13-7-5-12(16)6-8-13/h5-8,14H,2-4,9-11H2,1H3,(H,17,19). The molecule has 1 aliphatic rings. The first-order valence-electron chi connectivity index (χ1n) is 7.04. The van der Waals surface area contributed by atoms with Crippen molar-refractivity contribution in [1.29, 1.82) is 0 Å². The van der Waals surface area contributed by atoms with Gasteiger partial charge < -0.3 is 15.0 Å². The predicted octanol–water partition coefficient (Wildman–Crippen LogP) is 3.76. The molecule has 1 N–H and O–H groups in total. The summed E-state index contributed by atoms with van der Waals surface area (Å²) in [5, 5.41) is 3.50. The van der Waals surface area contributed by atoms with Crippen molar-refractivity contribution in [1.82, 2.24) is 4.90 Å². The van der Waals surface area contributed by atoms with Crippen LogP contribution in [0.25, 0.3) is 0 Å². The molecule has 0 aliphatic carbocycles. The highest BCUT2D eigenvalue weighted by molar-refractivity contribution is 6.30. The van der Waals surface area contributed by atoms with E-state index in [0.29, 0.717) is 17.7 Å². The molecule has 2 amide bonds. The highest BCUT2D eigenvalue weighted by atomic mass is 35.5. The average Bonchev–Trinajstić information content (AvgIpc) is 2.48. The third-order valence-electron chi connectivity index (χ3n) is 3.50. The maximum absolute atomic E-state index is 12.0. The van der Waals surface area contributed by atoms with E-state index in [4.69, 9.17) is 16.3 Å². The number of nitrogens with one attached hydrogen (secondary N) is 1. The molecule has 1 unspecified atom stereocenters. The Balaban J connectivity index is 1.75. The highest BCUT2D eigenvalue weighted by Gasteiger charge is 2.16. The number of anilines is 1. The van der Waals surface area contributed by atoms with Crippen molar-refractivity contribution < 1.29 is 9.53 Å². The molecule has 1 fully saturated rings. The van der Waals surface area contributed by atoms with Crippen LogP contribution in [0.4, 0.5) is 10.5 Å². The molecule has 0 spiro atoms. The van der Waals surface area contributed by atoms with Gasteiger partial charge in [0.25, 0.3) is 0 Å². The Labute approximate surface area is 125 Å². The fourth-order valence-corrected chi connectivity index (χ4v) is 2.35. The molecule has 1 aromatic rings. The monoisotopic (exact) mass is 296 g/mol. The summed E-state index contributed by atoms with van der Waals surface area (Å²) in [6.07, 6.45) is 4.68. The Morgan fingerprint density at radius 2 is 2.15 bits per heavy atom. The van der Waals surface area contributed by atoms with E-state index >= 15 is 0 Å². The summed E-state index contributed by atoms with van der Waals surface area (Å²) < 4.78 is 5.67. The van der Waals surface area contributed by atoms with Crippen molar-refractivity contribution in [3.05, 3.63) is 29.3 Å². The number of nitrogens with zero attached hydrogens (tertiary/aromatic N) is 1. The minimum atomic E-state index is -0.108. The number of benzene rings is 1. The molecule has 1 aromatic carbocycles. The summed E-state index contributed by atoms with van der Waals surface area (Å²) in [5.74, 6) is 0. The third kappa shape index (κ3) is 4.69. The Morgan fingerprint density at radius 3 is 2.80 bits per heavy atom. The van der Waals surface area contributed by atoms with Gasteiger partial charge in [0.15, 0.2) is 0 Å². The molecule has 0 aromatic heterocycles. The fraction of sp³-hybridized carbons (Fsp3) is 0.533. The molecular formula is C15H21ClN2O2. The molecule has 5 heteroatoms. The number of carbonyl (C=O) groups excluding carboxylic acids is 1. The van der Waals surface area contributed by atoms with Crippen molar-refractivity contribution >= 4 is 23.3 Å². The van der Waals surface area contributed by atoms with Gasteiger partial charge in [0.1, 0.15) is 0 Å². The summed E-state index contributed by atoms with van der Waals surface area (Å²) in [7, 11) is 1.80. The first-order chi connectivity index (χ1) is 9.65. The molecule has 0 saturated carbocycles. The lowest BCUT2D eigenvalue weighted by Gasteiger charge is -2.25. The first-order valence-corrected chi connectivity index (χ1v) is 7.42. The van der Waals surface area contributed by atoms with Crippen molar-refractivity contribution in [3.8, 4) is 0 Å². The number of halogens is 1. The van der Waals surface area contributed by atoms with Crippen LogP contribution in [0.5, 0.6) is 0 Å². The van der Waals surface area contributed by atoms with Crippen LogP contribution in [-0.4, -0.2) is 37.2 Å². The third-order valence-corrected chi connectivity index (χ3v) is 3.75. The molecular weight excluding hydrogens is 276 g/mol. The summed E-state index contributed by atoms with van der Waals surface area (Å²) in [4.78, 5) is 13.7. The molecule has 1 heterocycles. The van der Waals surface area contributed by atoms with Gasteiger partial charge in [0.2, 0.25) is 0 Å². The first kappa shape index (κ1) is 15.1. The molecule has 1 saturated heterocycles. The number of hydrogen-bond acceptors (Lipinski definition) is 2. The van der Waals surface area contributed by atoms with Crippen LogP contribution in [0.2, 0.25) is 5.02 Å². The topological polar surface area (TPSA) is 41.6 Å². The van der Waals surface area contributed by atoms with E-state index in [9.17, 15) is 4.79 Å². The van der Waals surface area contributed by atoms with Gasteiger partial charge in [-0.05, 0) is 49.9 Å². The van der Waals surface area contributed by atoms with Crippen molar-refractivity contribution in [2.24, 2.45) is 0 Å². The van der Waals surface area contributed by atoms with Gasteiger partial charge in [0.05, 0.1) is 6.10 Å². The van der Waals surface area contributed by atoms with Gasteiger partial charge in [-0.3, -0.25) is 0 Å². The van der Waals surface area contributed by atoms with Gasteiger partial charge in [-0.25, -0.2) is 4.79 Å². The molecule has 1 atom stereocenters. The van der Waals surface area contributed by atoms with E-state index in [-0.39, 0.29) is 6.03 Å². The lowest BCUT2D eigenvalue weighted by Crippen LogP contribution is -2.34. The Bertz CT molecular complexity index is 430. The number of rotatable bonds is 4. The molecule has 2 rings (SSSR count). The van der Waals surface area contributed by atoms with E-state index in [1.807, 2.05) is 0 Å². The second-order valence-electron chi connectivity index (χ2n) is 5.14. The number of ether oxygens (including phenoxy) is 1. The summed E-state index contributed by atoms with van der Waals surface area (Å²) in [5.41, 5.74) is 0.750. The largest absolute Gasteiger partial charge is 0.378 e. The van der Waals surface area contributed by atoms with Crippen molar-refractivity contribution in [2.45, 2.75) is 31.8 Å². The van der Waals surface area contributed by atoms with E-state index < -0.39 is 0 Å². The maximum Gasteiger partial charge on any atom is 0.321 e. The van der Waals surface area contributed by atoms with Crippen LogP contribution in [0.3, 0.4) is 0 Å². The highest BCUT2D eigenvalue weighted by Crippen LogP contribution is 2.16. The molecule has 4 nitrogen and oxygen atoms in total. The van der Waals surface area contributed by atoms with Crippen LogP contribution in [0.1, 0.15) is 25.7 Å². The predicted molar refractivity (Wildman–Crippen MR) is 81.3 cm³/mol. The van der Waals surface area contributed by atoms with E-state index in [1.54, 1.807) is 36.2 Å². The second-order valence-corrected chi connectivity index (χ2v) is 5.57. The lowest BCUT2D eigenvalue weighted by atomic mass is 10.1. The van der Waals surface area contributed by atoms with Gasteiger partial charge >= 0.3 is 6.03 Å². The Kier molecular flexibility index (Phi) is 5.68. The molecule has 110 valence electrons.